The molecule has 0 unspecified atom stereocenters. The van der Waals surface area contributed by atoms with Gasteiger partial charge in [0, 0.05) is 25.7 Å². The summed E-state index contributed by atoms with van der Waals surface area (Å²) >= 11 is 11.8. The molecule has 0 aromatic carbocycles. The van der Waals surface area contributed by atoms with Gasteiger partial charge in [-0.25, -0.2) is 4.98 Å². The molecule has 0 radical (unpaired) electrons. The van der Waals surface area contributed by atoms with Crippen LogP contribution in [0.2, 0.25) is 10.0 Å². The van der Waals surface area contributed by atoms with E-state index in [4.69, 9.17) is 23.2 Å². The molecule has 1 fully saturated rings. The number of carbonyl (C=O) groups is 1. The third-order valence-corrected chi connectivity index (χ3v) is 4.28. The molecule has 7 heteroatoms. The van der Waals surface area contributed by atoms with E-state index in [9.17, 15) is 4.79 Å². The number of nitrogens with zero attached hydrogens (tertiary/aromatic N) is 1. The van der Waals surface area contributed by atoms with E-state index in [2.05, 4.69) is 20.9 Å². The Kier molecular flexibility index (Phi) is 7.22. The second-order valence-corrected chi connectivity index (χ2v) is 6.34. The third-order valence-electron chi connectivity index (χ3n) is 3.79. The molecule has 1 aliphatic heterocycles. The van der Waals surface area contributed by atoms with Crippen molar-refractivity contribution in [2.75, 3.05) is 31.5 Å². The van der Waals surface area contributed by atoms with Gasteiger partial charge in [-0.3, -0.25) is 4.79 Å². The molecule has 0 atom stereocenters. The molecule has 0 aliphatic carbocycles. The zero-order chi connectivity index (χ0) is 15.8. The van der Waals surface area contributed by atoms with Gasteiger partial charge >= 0.3 is 0 Å². The molecule has 0 saturated carbocycles. The van der Waals surface area contributed by atoms with Crippen LogP contribution < -0.4 is 16.0 Å². The van der Waals surface area contributed by atoms with Crippen LogP contribution in [-0.2, 0) is 4.79 Å². The van der Waals surface area contributed by atoms with Crippen molar-refractivity contribution in [3.8, 4) is 0 Å². The van der Waals surface area contributed by atoms with Crippen LogP contribution in [0.3, 0.4) is 0 Å². The summed E-state index contributed by atoms with van der Waals surface area (Å²) in [5.41, 5.74) is 0. The first kappa shape index (κ1) is 17.3. The Hall–Kier alpha value is -1.04. The summed E-state index contributed by atoms with van der Waals surface area (Å²) in [4.78, 5) is 15.9. The van der Waals surface area contributed by atoms with Crippen LogP contribution in [0, 0.1) is 5.92 Å². The topological polar surface area (TPSA) is 66.1 Å². The first-order chi connectivity index (χ1) is 10.6. The second-order valence-electron chi connectivity index (χ2n) is 5.49. The molecule has 1 aromatic rings. The number of aromatic nitrogens is 1. The minimum Gasteiger partial charge on any atom is -0.367 e. The van der Waals surface area contributed by atoms with E-state index in [1.807, 2.05) is 0 Å². The number of halogens is 2. The molecular formula is C15H22Cl2N4O. The number of rotatable bonds is 7. The number of carbonyl (C=O) groups excluding carboxylic acids is 1. The van der Waals surface area contributed by atoms with Crippen molar-refractivity contribution >= 4 is 34.9 Å². The highest BCUT2D eigenvalue weighted by molar-refractivity contribution is 6.35. The van der Waals surface area contributed by atoms with Crippen LogP contribution in [0.15, 0.2) is 12.3 Å². The number of piperidine rings is 1. The van der Waals surface area contributed by atoms with Crippen LogP contribution in [0.25, 0.3) is 0 Å². The maximum absolute atomic E-state index is 11.8. The summed E-state index contributed by atoms with van der Waals surface area (Å²) in [5.74, 6) is 1.37. The van der Waals surface area contributed by atoms with Gasteiger partial charge in [-0.15, -0.1) is 0 Å². The maximum atomic E-state index is 11.8. The summed E-state index contributed by atoms with van der Waals surface area (Å²) in [6, 6.07) is 1.63. The van der Waals surface area contributed by atoms with E-state index in [0.29, 0.717) is 41.3 Å². The molecule has 0 spiro atoms. The average molecular weight is 345 g/mol. The molecule has 3 N–H and O–H groups in total. The van der Waals surface area contributed by atoms with E-state index in [-0.39, 0.29) is 5.91 Å². The number of hydrogen-bond donors (Lipinski definition) is 3. The molecule has 122 valence electrons. The lowest BCUT2D eigenvalue weighted by atomic mass is 9.93. The van der Waals surface area contributed by atoms with Crippen LogP contribution in [-0.4, -0.2) is 37.1 Å². The monoisotopic (exact) mass is 344 g/mol. The number of anilines is 1. The van der Waals surface area contributed by atoms with Gasteiger partial charge in [0.1, 0.15) is 5.82 Å². The lowest BCUT2D eigenvalue weighted by Crippen LogP contribution is -2.31. The smallest absolute Gasteiger partial charge is 0.220 e. The molecule has 22 heavy (non-hydrogen) atoms. The molecule has 2 rings (SSSR count). The van der Waals surface area contributed by atoms with Crippen LogP contribution in [0.4, 0.5) is 5.82 Å². The summed E-state index contributed by atoms with van der Waals surface area (Å²) in [6.45, 7) is 3.27. The fraction of sp³-hybridized carbons (Fsp3) is 0.600. The molecular weight excluding hydrogens is 323 g/mol. The van der Waals surface area contributed by atoms with Gasteiger partial charge in [0.05, 0.1) is 10.0 Å². The number of nitrogens with one attached hydrogen (secondary N) is 3. The maximum Gasteiger partial charge on any atom is 0.220 e. The normalized spacial score (nSPS) is 15.5. The Morgan fingerprint density at radius 1 is 1.32 bits per heavy atom. The number of pyridine rings is 1. The first-order valence-corrected chi connectivity index (χ1v) is 8.43. The van der Waals surface area contributed by atoms with Gasteiger partial charge in [-0.2, -0.15) is 0 Å². The Morgan fingerprint density at radius 3 is 2.82 bits per heavy atom. The standard InChI is InChI=1S/C15H22Cl2N4O/c16-12-9-13(17)15(21-10-12)20-8-7-19-14(22)2-1-11-3-5-18-6-4-11/h9-11,18H,1-8H2,(H,19,22)(H,20,21). The van der Waals surface area contributed by atoms with Gasteiger partial charge in [-0.1, -0.05) is 23.2 Å². The Balaban J connectivity index is 1.58. The predicted molar refractivity (Wildman–Crippen MR) is 90.6 cm³/mol. The predicted octanol–water partition coefficient (Wildman–Crippen LogP) is 2.70. The van der Waals surface area contributed by atoms with E-state index in [0.717, 1.165) is 19.5 Å². The highest BCUT2D eigenvalue weighted by Gasteiger charge is 2.14. The third kappa shape index (κ3) is 5.99. The fourth-order valence-electron chi connectivity index (χ4n) is 2.52. The molecule has 0 bridgehead atoms. The van der Waals surface area contributed by atoms with Gasteiger partial charge in [0.2, 0.25) is 5.91 Å². The van der Waals surface area contributed by atoms with E-state index < -0.39 is 0 Å². The minimum absolute atomic E-state index is 0.107. The SMILES string of the molecule is O=C(CCC1CCNCC1)NCCNc1ncc(Cl)cc1Cl. The van der Waals surface area contributed by atoms with Crippen molar-refractivity contribution in [2.24, 2.45) is 5.92 Å². The number of hydrogen-bond acceptors (Lipinski definition) is 4. The summed E-state index contributed by atoms with van der Waals surface area (Å²) in [7, 11) is 0. The second kappa shape index (κ2) is 9.18. The molecule has 1 aliphatic rings. The molecule has 5 nitrogen and oxygen atoms in total. The molecule has 1 saturated heterocycles. The average Bonchev–Trinajstić information content (AvgIpc) is 2.52. The van der Waals surface area contributed by atoms with Crippen molar-refractivity contribution in [3.63, 3.8) is 0 Å². The molecule has 1 aromatic heterocycles. The highest BCUT2D eigenvalue weighted by Crippen LogP contribution is 2.22. The lowest BCUT2D eigenvalue weighted by Gasteiger charge is -2.22. The zero-order valence-electron chi connectivity index (χ0n) is 12.5. The summed E-state index contributed by atoms with van der Waals surface area (Å²) < 4.78 is 0. The van der Waals surface area contributed by atoms with Gasteiger partial charge in [-0.05, 0) is 44.3 Å². The Labute approximate surface area is 141 Å². The molecule has 2 heterocycles. The van der Waals surface area contributed by atoms with Crippen molar-refractivity contribution in [1.82, 2.24) is 15.6 Å². The van der Waals surface area contributed by atoms with Crippen molar-refractivity contribution in [3.05, 3.63) is 22.3 Å². The van der Waals surface area contributed by atoms with E-state index in [1.165, 1.54) is 19.0 Å². The van der Waals surface area contributed by atoms with Crippen molar-refractivity contribution in [1.29, 1.82) is 0 Å². The highest BCUT2D eigenvalue weighted by atomic mass is 35.5. The van der Waals surface area contributed by atoms with E-state index in [1.54, 1.807) is 6.07 Å². The van der Waals surface area contributed by atoms with Crippen molar-refractivity contribution < 1.29 is 4.79 Å². The number of amides is 1. The van der Waals surface area contributed by atoms with Crippen molar-refractivity contribution in [2.45, 2.75) is 25.7 Å². The largest absolute Gasteiger partial charge is 0.367 e. The molecule has 1 amide bonds. The summed E-state index contributed by atoms with van der Waals surface area (Å²) in [6.07, 6.45) is 5.47. The van der Waals surface area contributed by atoms with Crippen LogP contribution >= 0.6 is 23.2 Å². The fourth-order valence-corrected chi connectivity index (χ4v) is 2.97. The zero-order valence-corrected chi connectivity index (χ0v) is 14.0. The Bertz CT molecular complexity index is 492. The minimum atomic E-state index is 0.107. The van der Waals surface area contributed by atoms with Crippen LogP contribution in [0.1, 0.15) is 25.7 Å². The van der Waals surface area contributed by atoms with E-state index >= 15 is 0 Å². The lowest BCUT2D eigenvalue weighted by molar-refractivity contribution is -0.121. The summed E-state index contributed by atoms with van der Waals surface area (Å²) in [5, 5.41) is 10.3. The quantitative estimate of drug-likeness (QED) is 0.665. The van der Waals surface area contributed by atoms with Gasteiger partial charge in [0.25, 0.3) is 0 Å². The Morgan fingerprint density at radius 2 is 2.09 bits per heavy atom. The van der Waals surface area contributed by atoms with Crippen LogP contribution in [0.5, 0.6) is 0 Å². The van der Waals surface area contributed by atoms with Gasteiger partial charge < -0.3 is 16.0 Å². The van der Waals surface area contributed by atoms with Gasteiger partial charge in [0.15, 0.2) is 0 Å². The first-order valence-electron chi connectivity index (χ1n) is 7.67.